The van der Waals surface area contributed by atoms with Crippen molar-refractivity contribution in [1.29, 1.82) is 0 Å². The lowest BCUT2D eigenvalue weighted by molar-refractivity contribution is 0.357. The Labute approximate surface area is 279 Å². The first-order valence-electron chi connectivity index (χ1n) is 16.3. The molecule has 5 aromatic carbocycles. The highest BCUT2D eigenvalue weighted by Gasteiger charge is 2.29. The number of thiophene rings is 1. The Balaban J connectivity index is 1.08. The van der Waals surface area contributed by atoms with Crippen LogP contribution in [0.4, 0.5) is 0 Å². The van der Waals surface area contributed by atoms with E-state index >= 15 is 0 Å². The molecule has 48 heavy (non-hydrogen) atoms. The minimum Gasteiger partial charge on any atom is -0.317 e. The molecule has 6 heteroatoms. The number of allylic oxidation sites excluding steroid dienone is 2. The predicted octanol–water partition coefficient (Wildman–Crippen LogP) is 10.6. The Morgan fingerprint density at radius 1 is 0.604 bits per heavy atom. The normalized spacial score (nSPS) is 16.0. The van der Waals surface area contributed by atoms with E-state index in [0.717, 1.165) is 23.6 Å². The fraction of sp³-hybridized carbons (Fsp3) is 0.0476. The summed E-state index contributed by atoms with van der Waals surface area (Å²) in [5.74, 6) is 1.03. The Bertz CT molecular complexity index is 2900. The molecule has 1 atom stereocenters. The quantitative estimate of drug-likeness (QED) is 0.194. The summed E-state index contributed by atoms with van der Waals surface area (Å²) in [6.45, 7) is 0.729. The Morgan fingerprint density at radius 2 is 1.33 bits per heavy atom. The van der Waals surface area contributed by atoms with E-state index in [4.69, 9.17) is 9.98 Å². The summed E-state index contributed by atoms with van der Waals surface area (Å²) in [6, 6.07) is 42.4. The fourth-order valence-electron chi connectivity index (χ4n) is 7.96. The maximum atomic E-state index is 4.86. The van der Waals surface area contributed by atoms with Crippen LogP contribution >= 0.6 is 11.3 Å². The van der Waals surface area contributed by atoms with Gasteiger partial charge in [0.1, 0.15) is 12.0 Å². The number of pyridine rings is 1. The molecule has 9 aromatic rings. The summed E-state index contributed by atoms with van der Waals surface area (Å²) < 4.78 is 7.35. The molecule has 0 amide bonds. The van der Waals surface area contributed by atoms with Gasteiger partial charge < -0.3 is 14.0 Å². The summed E-state index contributed by atoms with van der Waals surface area (Å²) in [4.78, 5) is 11.9. The van der Waals surface area contributed by atoms with E-state index < -0.39 is 0 Å². The monoisotopic (exact) mass is 633 g/mol. The van der Waals surface area contributed by atoms with Crippen LogP contribution in [0.5, 0.6) is 0 Å². The average Bonchev–Trinajstić information content (AvgIpc) is 3.90. The molecule has 0 N–H and O–H groups in total. The molecule has 5 nitrogen and oxygen atoms in total. The highest BCUT2D eigenvalue weighted by atomic mass is 32.1. The number of amidine groups is 1. The van der Waals surface area contributed by atoms with Gasteiger partial charge in [-0.1, -0.05) is 54.6 Å². The van der Waals surface area contributed by atoms with Crippen LogP contribution in [0, 0.1) is 0 Å². The van der Waals surface area contributed by atoms with Crippen LogP contribution in [-0.4, -0.2) is 31.4 Å². The standard InChI is InChI=1S/C42H27N5S/c1-3-10-34-29(8-1)31-22-26(14-17-36(31)46(34)28-16-19-38-33(24-28)42-39(48-38)12-7-20-43-42)27-15-18-37-32(23-27)30-9-2-4-11-35(30)47(37)41-25-44-40-13-5-6-21-45(40)41/h1-24,41H,25H2. The summed E-state index contributed by atoms with van der Waals surface area (Å²) in [7, 11) is 0. The number of aliphatic imine (C=N–C) groups is 1. The third-order valence-electron chi connectivity index (χ3n) is 10.1. The van der Waals surface area contributed by atoms with Gasteiger partial charge in [0.05, 0.1) is 38.8 Å². The smallest absolute Gasteiger partial charge is 0.131 e. The van der Waals surface area contributed by atoms with Crippen molar-refractivity contribution in [3.05, 3.63) is 146 Å². The molecular formula is C42H27N5S. The number of hydrogen-bond acceptors (Lipinski definition) is 4. The number of para-hydroxylation sites is 2. The van der Waals surface area contributed by atoms with Gasteiger partial charge in [-0.3, -0.25) is 9.98 Å². The summed E-state index contributed by atoms with van der Waals surface area (Å²) >= 11 is 1.80. The first-order valence-corrected chi connectivity index (χ1v) is 17.1. The van der Waals surface area contributed by atoms with Crippen LogP contribution in [-0.2, 0) is 0 Å². The lowest BCUT2D eigenvalue weighted by atomic mass is 10.0. The molecule has 2 aliphatic heterocycles. The molecule has 0 spiro atoms. The molecule has 0 radical (unpaired) electrons. The van der Waals surface area contributed by atoms with Crippen molar-refractivity contribution in [2.24, 2.45) is 4.99 Å². The van der Waals surface area contributed by atoms with Crippen LogP contribution < -0.4 is 0 Å². The van der Waals surface area contributed by atoms with E-state index in [9.17, 15) is 0 Å². The Morgan fingerprint density at radius 3 is 2.21 bits per heavy atom. The van der Waals surface area contributed by atoms with Crippen LogP contribution in [0.15, 0.2) is 151 Å². The Hall–Kier alpha value is -5.98. The van der Waals surface area contributed by atoms with E-state index in [1.807, 2.05) is 12.3 Å². The number of benzene rings is 5. The highest BCUT2D eigenvalue weighted by Crippen LogP contribution is 2.41. The maximum Gasteiger partial charge on any atom is 0.131 e. The molecule has 0 saturated heterocycles. The molecule has 0 fully saturated rings. The van der Waals surface area contributed by atoms with Gasteiger partial charge in [-0.05, 0) is 90.0 Å². The molecule has 2 aliphatic rings. The van der Waals surface area contributed by atoms with Crippen LogP contribution in [0.3, 0.4) is 0 Å². The van der Waals surface area contributed by atoms with E-state index in [2.05, 4.69) is 148 Å². The first kappa shape index (κ1) is 26.1. The number of rotatable bonds is 3. The second kappa shape index (κ2) is 9.77. The molecule has 4 aromatic heterocycles. The van der Waals surface area contributed by atoms with E-state index in [1.54, 1.807) is 11.3 Å². The number of aromatic nitrogens is 3. The molecular weight excluding hydrogens is 607 g/mol. The lowest BCUT2D eigenvalue weighted by Crippen LogP contribution is -2.29. The predicted molar refractivity (Wildman–Crippen MR) is 201 cm³/mol. The van der Waals surface area contributed by atoms with Gasteiger partial charge in [0.2, 0.25) is 0 Å². The van der Waals surface area contributed by atoms with Gasteiger partial charge in [0.15, 0.2) is 0 Å². The van der Waals surface area contributed by atoms with E-state index in [0.29, 0.717) is 0 Å². The molecule has 226 valence electrons. The molecule has 11 rings (SSSR count). The number of fused-ring (bicyclic) bond motifs is 10. The van der Waals surface area contributed by atoms with Gasteiger partial charge >= 0.3 is 0 Å². The van der Waals surface area contributed by atoms with Crippen molar-refractivity contribution in [3.8, 4) is 16.8 Å². The lowest BCUT2D eigenvalue weighted by Gasteiger charge is -2.27. The molecule has 1 unspecified atom stereocenters. The minimum absolute atomic E-state index is 0.110. The molecule has 0 bridgehead atoms. The zero-order valence-corrected chi connectivity index (χ0v) is 26.6. The van der Waals surface area contributed by atoms with Crippen LogP contribution in [0.2, 0.25) is 0 Å². The summed E-state index contributed by atoms with van der Waals surface area (Å²) in [5.41, 5.74) is 9.52. The Kier molecular flexibility index (Phi) is 5.32. The number of nitrogens with zero attached hydrogens (tertiary/aromatic N) is 5. The molecule has 0 saturated carbocycles. The van der Waals surface area contributed by atoms with Crippen LogP contribution in [0.1, 0.15) is 6.17 Å². The zero-order chi connectivity index (χ0) is 31.3. The SMILES string of the molecule is C1=CC2=NCC(n3c4ccccc4c4cc(-c5ccc6c(c5)c5ccccc5n6-c5ccc6sc7cccnc7c6c5)ccc43)N2C=C1. The maximum absolute atomic E-state index is 4.86. The largest absolute Gasteiger partial charge is 0.317 e. The highest BCUT2D eigenvalue weighted by molar-refractivity contribution is 7.25. The number of hydrogen-bond donors (Lipinski definition) is 0. The topological polar surface area (TPSA) is 38.4 Å². The summed E-state index contributed by atoms with van der Waals surface area (Å²) in [5, 5.41) is 6.24. The molecule has 0 aliphatic carbocycles. The van der Waals surface area contributed by atoms with Gasteiger partial charge in [0, 0.05) is 49.7 Å². The van der Waals surface area contributed by atoms with Crippen molar-refractivity contribution in [1.82, 2.24) is 19.0 Å². The second-order valence-electron chi connectivity index (χ2n) is 12.6. The first-order chi connectivity index (χ1) is 23.8. The van der Waals surface area contributed by atoms with Crippen molar-refractivity contribution in [3.63, 3.8) is 0 Å². The van der Waals surface area contributed by atoms with Gasteiger partial charge in [-0.2, -0.15) is 0 Å². The molecule has 6 heterocycles. The van der Waals surface area contributed by atoms with Gasteiger partial charge in [-0.25, -0.2) is 0 Å². The van der Waals surface area contributed by atoms with Gasteiger partial charge in [0.25, 0.3) is 0 Å². The van der Waals surface area contributed by atoms with Crippen LogP contribution in [0.25, 0.3) is 80.7 Å². The fourth-order valence-corrected chi connectivity index (χ4v) is 9.01. The zero-order valence-electron chi connectivity index (χ0n) is 25.8. The third kappa shape index (κ3) is 3.60. The third-order valence-corrected chi connectivity index (χ3v) is 11.2. The van der Waals surface area contributed by atoms with Gasteiger partial charge in [-0.15, -0.1) is 11.3 Å². The summed E-state index contributed by atoms with van der Waals surface area (Å²) in [6.07, 6.45) is 10.4. The van der Waals surface area contributed by atoms with E-state index in [-0.39, 0.29) is 6.17 Å². The van der Waals surface area contributed by atoms with Crippen molar-refractivity contribution in [2.45, 2.75) is 6.17 Å². The second-order valence-corrected chi connectivity index (χ2v) is 13.7. The average molecular weight is 634 g/mol. The van der Waals surface area contributed by atoms with Crippen molar-refractivity contribution >= 4 is 81.1 Å². The van der Waals surface area contributed by atoms with E-state index in [1.165, 1.54) is 69.5 Å². The van der Waals surface area contributed by atoms with Crippen molar-refractivity contribution in [2.75, 3.05) is 6.54 Å². The minimum atomic E-state index is 0.110. The van der Waals surface area contributed by atoms with Crippen molar-refractivity contribution < 1.29 is 0 Å².